The largest absolute Gasteiger partial charge is 0.469 e. The van der Waals surface area contributed by atoms with E-state index in [4.69, 9.17) is 4.74 Å². The number of carbonyl (C=O) groups is 1. The summed E-state index contributed by atoms with van der Waals surface area (Å²) in [5, 5.41) is 3.21. The number of piperidine rings is 1. The van der Waals surface area contributed by atoms with Gasteiger partial charge in [0, 0.05) is 33.2 Å². The minimum absolute atomic E-state index is 0.0293. The molecule has 0 aliphatic carbocycles. The van der Waals surface area contributed by atoms with E-state index < -0.39 is 10.0 Å². The van der Waals surface area contributed by atoms with Gasteiger partial charge in [0.15, 0.2) is 5.96 Å². The second-order valence-corrected chi connectivity index (χ2v) is 7.11. The van der Waals surface area contributed by atoms with Gasteiger partial charge >= 0.3 is 5.97 Å². The third-order valence-corrected chi connectivity index (χ3v) is 4.27. The summed E-state index contributed by atoms with van der Waals surface area (Å²) in [6, 6.07) is 0. The van der Waals surface area contributed by atoms with Crippen molar-refractivity contribution in [1.82, 2.24) is 14.9 Å². The molecular weight excluding hydrogens is 308 g/mol. The number of nitrogens with zero attached hydrogens (tertiary/aromatic N) is 2. The third kappa shape index (κ3) is 6.61. The van der Waals surface area contributed by atoms with E-state index in [0.29, 0.717) is 19.5 Å². The van der Waals surface area contributed by atoms with Crippen molar-refractivity contribution in [3.8, 4) is 0 Å². The van der Waals surface area contributed by atoms with Gasteiger partial charge in [-0.25, -0.2) is 13.1 Å². The molecule has 1 heterocycles. The summed E-state index contributed by atoms with van der Waals surface area (Å²) in [5.74, 6) is 0.607. The highest BCUT2D eigenvalue weighted by molar-refractivity contribution is 7.88. The minimum atomic E-state index is -3.13. The van der Waals surface area contributed by atoms with Crippen LogP contribution < -0.4 is 10.0 Å². The molecule has 0 unspecified atom stereocenters. The van der Waals surface area contributed by atoms with Crippen LogP contribution in [0.5, 0.6) is 0 Å². The Labute approximate surface area is 132 Å². The standard InChI is InChI=1S/C13H26N4O4S/c1-14-13(15-7-4-8-16-22(3,19)20)17-9-5-11(6-10-17)12(18)21-2/h11,16H,4-10H2,1-3H3,(H,14,15). The normalized spacial score (nSPS) is 17.4. The summed E-state index contributed by atoms with van der Waals surface area (Å²) in [6.07, 6.45) is 3.32. The Balaban J connectivity index is 2.30. The van der Waals surface area contributed by atoms with Crippen LogP contribution in [-0.2, 0) is 19.6 Å². The monoisotopic (exact) mass is 334 g/mol. The van der Waals surface area contributed by atoms with Crippen LogP contribution in [0.3, 0.4) is 0 Å². The Hall–Kier alpha value is -1.35. The molecule has 0 aromatic heterocycles. The number of aliphatic imine (C=N–C) groups is 1. The molecule has 1 aliphatic rings. The van der Waals surface area contributed by atoms with Crippen LogP contribution >= 0.6 is 0 Å². The highest BCUT2D eigenvalue weighted by atomic mass is 32.2. The molecule has 1 fully saturated rings. The first-order valence-electron chi connectivity index (χ1n) is 7.35. The summed E-state index contributed by atoms with van der Waals surface area (Å²) in [4.78, 5) is 17.8. The highest BCUT2D eigenvalue weighted by Gasteiger charge is 2.26. The maximum Gasteiger partial charge on any atom is 0.308 e. The lowest BCUT2D eigenvalue weighted by Crippen LogP contribution is -2.47. The number of hydrogen-bond acceptors (Lipinski definition) is 5. The van der Waals surface area contributed by atoms with Gasteiger partial charge in [-0.05, 0) is 19.3 Å². The van der Waals surface area contributed by atoms with E-state index in [1.54, 1.807) is 7.05 Å². The average Bonchev–Trinajstić information content (AvgIpc) is 2.49. The second-order valence-electron chi connectivity index (χ2n) is 5.28. The number of guanidine groups is 1. The van der Waals surface area contributed by atoms with Gasteiger partial charge in [-0.15, -0.1) is 0 Å². The maximum atomic E-state index is 11.5. The lowest BCUT2D eigenvalue weighted by molar-refractivity contribution is -0.146. The number of likely N-dealkylation sites (tertiary alicyclic amines) is 1. The highest BCUT2D eigenvalue weighted by Crippen LogP contribution is 2.18. The zero-order valence-corrected chi connectivity index (χ0v) is 14.3. The first-order valence-corrected chi connectivity index (χ1v) is 9.24. The smallest absolute Gasteiger partial charge is 0.308 e. The quantitative estimate of drug-likeness (QED) is 0.291. The van der Waals surface area contributed by atoms with Crippen molar-refractivity contribution in [1.29, 1.82) is 0 Å². The van der Waals surface area contributed by atoms with Gasteiger partial charge in [0.05, 0.1) is 19.3 Å². The fourth-order valence-electron chi connectivity index (χ4n) is 2.37. The van der Waals surface area contributed by atoms with E-state index in [2.05, 4.69) is 19.9 Å². The molecule has 0 aromatic rings. The van der Waals surface area contributed by atoms with Crippen LogP contribution in [0.15, 0.2) is 4.99 Å². The van der Waals surface area contributed by atoms with Crippen molar-refractivity contribution in [3.05, 3.63) is 0 Å². The SMILES string of the molecule is CN=C(NCCCNS(C)(=O)=O)N1CCC(C(=O)OC)CC1. The number of esters is 1. The summed E-state index contributed by atoms with van der Waals surface area (Å²) in [5.41, 5.74) is 0. The third-order valence-electron chi connectivity index (χ3n) is 3.54. The van der Waals surface area contributed by atoms with E-state index in [-0.39, 0.29) is 11.9 Å². The van der Waals surface area contributed by atoms with Gasteiger partial charge in [0.2, 0.25) is 10.0 Å². The molecule has 2 N–H and O–H groups in total. The number of carbonyl (C=O) groups excluding carboxylic acids is 1. The van der Waals surface area contributed by atoms with Crippen molar-refractivity contribution in [3.63, 3.8) is 0 Å². The molecule has 0 aromatic carbocycles. The van der Waals surface area contributed by atoms with Crippen LogP contribution in [0.2, 0.25) is 0 Å². The topological polar surface area (TPSA) is 100 Å². The van der Waals surface area contributed by atoms with Crippen molar-refractivity contribution < 1.29 is 17.9 Å². The van der Waals surface area contributed by atoms with E-state index in [1.165, 1.54) is 7.11 Å². The molecule has 0 atom stereocenters. The zero-order valence-electron chi connectivity index (χ0n) is 13.5. The molecule has 0 spiro atoms. The summed E-state index contributed by atoms with van der Waals surface area (Å²) in [6.45, 7) is 2.53. The predicted molar refractivity (Wildman–Crippen MR) is 85.1 cm³/mol. The maximum absolute atomic E-state index is 11.5. The molecule has 128 valence electrons. The minimum Gasteiger partial charge on any atom is -0.469 e. The second kappa shape index (κ2) is 8.94. The molecule has 0 amide bonds. The molecule has 1 rings (SSSR count). The average molecular weight is 334 g/mol. The number of sulfonamides is 1. The zero-order chi connectivity index (χ0) is 16.6. The molecule has 22 heavy (non-hydrogen) atoms. The van der Waals surface area contributed by atoms with Gasteiger partial charge in [0.1, 0.15) is 0 Å². The number of rotatable bonds is 6. The Morgan fingerprint density at radius 2 is 1.95 bits per heavy atom. The first kappa shape index (κ1) is 18.7. The van der Waals surface area contributed by atoms with Crippen molar-refractivity contribution in [2.75, 3.05) is 46.6 Å². The lowest BCUT2D eigenvalue weighted by atomic mass is 9.97. The van der Waals surface area contributed by atoms with Crippen LogP contribution in [0.1, 0.15) is 19.3 Å². The van der Waals surface area contributed by atoms with Gasteiger partial charge in [-0.3, -0.25) is 9.79 Å². The van der Waals surface area contributed by atoms with Gasteiger partial charge in [-0.2, -0.15) is 0 Å². The fourth-order valence-corrected chi connectivity index (χ4v) is 2.89. The van der Waals surface area contributed by atoms with E-state index in [1.807, 2.05) is 0 Å². The number of methoxy groups -OCH3 is 1. The summed E-state index contributed by atoms with van der Waals surface area (Å²) < 4.78 is 29.1. The lowest BCUT2D eigenvalue weighted by Gasteiger charge is -2.33. The molecule has 1 saturated heterocycles. The Morgan fingerprint density at radius 3 is 2.45 bits per heavy atom. The fraction of sp³-hybridized carbons (Fsp3) is 0.846. The predicted octanol–water partition coefficient (Wildman–Crippen LogP) is -0.614. The van der Waals surface area contributed by atoms with E-state index in [9.17, 15) is 13.2 Å². The number of ether oxygens (including phenoxy) is 1. The molecular formula is C13H26N4O4S. The molecule has 0 saturated carbocycles. The van der Waals surface area contributed by atoms with Crippen LogP contribution in [0.25, 0.3) is 0 Å². The van der Waals surface area contributed by atoms with Gasteiger partial charge in [-0.1, -0.05) is 0 Å². The van der Waals surface area contributed by atoms with Crippen LogP contribution in [0.4, 0.5) is 0 Å². The van der Waals surface area contributed by atoms with E-state index in [0.717, 1.165) is 38.1 Å². The Morgan fingerprint density at radius 1 is 1.32 bits per heavy atom. The molecule has 0 bridgehead atoms. The molecule has 9 heteroatoms. The van der Waals surface area contributed by atoms with E-state index >= 15 is 0 Å². The first-order chi connectivity index (χ1) is 10.4. The summed E-state index contributed by atoms with van der Waals surface area (Å²) in [7, 11) is -0.00176. The molecule has 0 radical (unpaired) electrons. The molecule has 1 aliphatic heterocycles. The van der Waals surface area contributed by atoms with Gasteiger partial charge in [0.25, 0.3) is 0 Å². The van der Waals surface area contributed by atoms with Crippen LogP contribution in [0, 0.1) is 5.92 Å². The Kier molecular flexibility index (Phi) is 7.60. The van der Waals surface area contributed by atoms with Crippen molar-refractivity contribution >= 4 is 22.0 Å². The Bertz CT molecular complexity index is 484. The van der Waals surface area contributed by atoms with Crippen molar-refractivity contribution in [2.45, 2.75) is 19.3 Å². The molecule has 8 nitrogen and oxygen atoms in total. The summed E-state index contributed by atoms with van der Waals surface area (Å²) >= 11 is 0. The number of nitrogens with one attached hydrogen (secondary N) is 2. The number of hydrogen-bond donors (Lipinski definition) is 2. The van der Waals surface area contributed by atoms with Crippen LogP contribution in [-0.4, -0.2) is 71.8 Å². The van der Waals surface area contributed by atoms with Gasteiger partial charge < -0.3 is 15.0 Å². The van der Waals surface area contributed by atoms with Crippen molar-refractivity contribution in [2.24, 2.45) is 10.9 Å².